The second-order valence-corrected chi connectivity index (χ2v) is 21.1. The Kier molecular flexibility index (Phi) is 13.5. The molecule has 0 aromatic heterocycles. The lowest BCUT2D eigenvalue weighted by molar-refractivity contribution is -0.538. The van der Waals surface area contributed by atoms with E-state index >= 15 is 30.7 Å². The smallest absolute Gasteiger partial charge is 0.411 e. The van der Waals surface area contributed by atoms with Crippen LogP contribution in [0.3, 0.4) is 0 Å². The number of rotatable bonds is 16. The van der Waals surface area contributed by atoms with Crippen LogP contribution in [-0.4, -0.2) is 93.1 Å². The molecule has 4 aromatic carbocycles. The standard InChI is InChI=1S/C43H36F18O8P2/c1-7-65-70(5,62)31-21-24(10-9-23(31)3)25-11-20-30(32(22-25)71(6,63)66-8-2)69-41(55)37(50,51)36(48,49)40(41,54)68-29-18-14-27(15-19-29)33(42(56,57)58,43(59,60)61)26-12-16-28(17-13-26)67-39(53)35(46,47)34(44,45)38(39,52)64-4/h9-22H,7-8H2,1-6H3. The largest absolute Gasteiger partial charge is 0.448 e. The van der Waals surface area contributed by atoms with Crippen molar-refractivity contribution >= 4 is 25.3 Å². The van der Waals surface area contributed by atoms with Gasteiger partial charge >= 0.3 is 59.5 Å². The molecule has 6 unspecified atom stereocenters. The molecule has 4 aromatic rings. The van der Waals surface area contributed by atoms with Gasteiger partial charge in [0.05, 0.1) is 18.5 Å². The third-order valence-corrected chi connectivity index (χ3v) is 15.9. The Morgan fingerprint density at radius 3 is 1.20 bits per heavy atom. The van der Waals surface area contributed by atoms with Crippen LogP contribution in [0.2, 0.25) is 0 Å². The highest BCUT2D eigenvalue weighted by Gasteiger charge is 3.04. The molecule has 0 bridgehead atoms. The molecular formula is C43H36F18O8P2. The first-order chi connectivity index (χ1) is 32.2. The van der Waals surface area contributed by atoms with Gasteiger partial charge in [0.15, 0.2) is 0 Å². The molecule has 28 heteroatoms. The minimum atomic E-state index is -6.55. The summed E-state index contributed by atoms with van der Waals surface area (Å²) in [7, 11) is -7.87. The van der Waals surface area contributed by atoms with Crippen molar-refractivity contribution in [2.45, 2.75) is 85.6 Å². The number of benzene rings is 4. The SMILES string of the molecule is CCOP(C)(=O)c1cc(-c2ccc(OC3(F)C(F)(F)C(F)(F)C3(F)Oc3ccc(C(c4ccc(OC5(F)C(F)(F)C(F)(F)C5(F)OC)cc4)(C(F)(F)F)C(F)(F)F)cc3)c(P(C)(=O)OCC)c2)ccc1C. The van der Waals surface area contributed by atoms with Crippen molar-refractivity contribution in [1.29, 1.82) is 0 Å². The van der Waals surface area contributed by atoms with E-state index in [1.807, 2.05) is 0 Å². The van der Waals surface area contributed by atoms with Gasteiger partial charge in [-0.25, -0.2) is 0 Å². The van der Waals surface area contributed by atoms with Gasteiger partial charge in [-0.15, -0.1) is 0 Å². The van der Waals surface area contributed by atoms with Crippen LogP contribution in [0.4, 0.5) is 79.0 Å². The summed E-state index contributed by atoms with van der Waals surface area (Å²) in [6, 6.07) is 5.60. The predicted molar refractivity (Wildman–Crippen MR) is 216 cm³/mol. The normalized spacial score (nSPS) is 27.3. The van der Waals surface area contributed by atoms with Gasteiger partial charge in [0.2, 0.25) is 20.2 Å². The van der Waals surface area contributed by atoms with Crippen molar-refractivity contribution in [2.75, 3.05) is 33.7 Å². The summed E-state index contributed by atoms with van der Waals surface area (Å²) in [5.74, 6) is -50.9. The van der Waals surface area contributed by atoms with E-state index in [4.69, 9.17) is 9.05 Å². The van der Waals surface area contributed by atoms with Crippen LogP contribution in [0, 0.1) is 6.92 Å². The number of hydrogen-bond donors (Lipinski definition) is 0. The van der Waals surface area contributed by atoms with Gasteiger partial charge in [-0.05, 0) is 91.1 Å². The minimum Gasteiger partial charge on any atom is -0.448 e. The monoisotopic (exact) mass is 1080 g/mol. The van der Waals surface area contributed by atoms with E-state index < -0.39 is 113 Å². The lowest BCUT2D eigenvalue weighted by Crippen LogP contribution is -2.89. The van der Waals surface area contributed by atoms with Crippen LogP contribution in [0.5, 0.6) is 17.2 Å². The van der Waals surface area contributed by atoms with E-state index in [1.54, 1.807) is 13.8 Å². The van der Waals surface area contributed by atoms with Gasteiger partial charge in [0.25, 0.3) is 0 Å². The summed E-state index contributed by atoms with van der Waals surface area (Å²) < 4.78 is 323. The van der Waals surface area contributed by atoms with Gasteiger partial charge in [-0.3, -0.25) is 9.13 Å². The van der Waals surface area contributed by atoms with Crippen LogP contribution in [0.25, 0.3) is 11.1 Å². The number of alkyl halides is 18. The van der Waals surface area contributed by atoms with Crippen LogP contribution >= 0.6 is 14.7 Å². The van der Waals surface area contributed by atoms with Crippen molar-refractivity contribution in [3.63, 3.8) is 0 Å². The number of methoxy groups -OCH3 is 1. The highest BCUT2D eigenvalue weighted by atomic mass is 31.2. The molecule has 6 atom stereocenters. The molecule has 8 nitrogen and oxygen atoms in total. The van der Waals surface area contributed by atoms with Crippen molar-refractivity contribution < 1.29 is 116 Å². The molecule has 0 radical (unpaired) electrons. The summed E-state index contributed by atoms with van der Waals surface area (Å²) in [5.41, 5.74) is -8.53. The number of aryl methyl sites for hydroxylation is 1. The summed E-state index contributed by atoms with van der Waals surface area (Å²) >= 11 is 0. The molecule has 2 aliphatic carbocycles. The van der Waals surface area contributed by atoms with Crippen LogP contribution < -0.4 is 24.8 Å². The Labute approximate surface area is 390 Å². The zero-order chi connectivity index (χ0) is 53.8. The molecule has 0 saturated heterocycles. The molecule has 0 heterocycles. The zero-order valence-corrected chi connectivity index (χ0v) is 38.7. The predicted octanol–water partition coefficient (Wildman–Crippen LogP) is 12.9. The highest BCUT2D eigenvalue weighted by Crippen LogP contribution is 2.70. The number of ether oxygens (including phenoxy) is 4. The van der Waals surface area contributed by atoms with Crippen molar-refractivity contribution in [3.05, 3.63) is 102 Å². The molecule has 392 valence electrons. The summed E-state index contributed by atoms with van der Waals surface area (Å²) in [6.07, 6.45) is -13.1. The third-order valence-electron chi connectivity index (χ3n) is 11.8. The highest BCUT2D eigenvalue weighted by molar-refractivity contribution is 7.66. The first-order valence-electron chi connectivity index (χ1n) is 20.2. The van der Waals surface area contributed by atoms with E-state index in [0.717, 1.165) is 18.8 Å². The van der Waals surface area contributed by atoms with E-state index in [-0.39, 0.29) is 85.3 Å². The quantitative estimate of drug-likeness (QED) is 0.0810. The van der Waals surface area contributed by atoms with Gasteiger partial charge in [0, 0.05) is 25.7 Å². The average Bonchev–Trinajstić information content (AvgIpc) is 3.25. The summed E-state index contributed by atoms with van der Waals surface area (Å²) in [6.45, 7) is 6.28. The topological polar surface area (TPSA) is 89.5 Å². The average molecular weight is 1080 g/mol. The third kappa shape index (κ3) is 7.64. The molecule has 2 saturated carbocycles. The number of hydrogen-bond acceptors (Lipinski definition) is 8. The second kappa shape index (κ2) is 17.2. The molecular weight excluding hydrogens is 1050 g/mol. The lowest BCUT2D eigenvalue weighted by Gasteiger charge is -2.55. The van der Waals surface area contributed by atoms with E-state index in [0.29, 0.717) is 11.6 Å². The minimum absolute atomic E-state index is 0.00887. The molecule has 2 aliphatic rings. The Morgan fingerprint density at radius 1 is 0.479 bits per heavy atom. The maximum absolute atomic E-state index is 16.6. The zero-order valence-electron chi connectivity index (χ0n) is 37.0. The first kappa shape index (κ1) is 55.7. The van der Waals surface area contributed by atoms with E-state index in [2.05, 4.69) is 18.9 Å². The van der Waals surface area contributed by atoms with Gasteiger partial charge in [-0.1, -0.05) is 42.5 Å². The van der Waals surface area contributed by atoms with Crippen molar-refractivity contribution in [1.82, 2.24) is 0 Å². The Balaban J connectivity index is 1.38. The second-order valence-electron chi connectivity index (χ2n) is 16.2. The molecule has 6 rings (SSSR count). The Bertz CT molecular complexity index is 2760. The fraction of sp³-hybridized carbons (Fsp3) is 0.442. The Morgan fingerprint density at radius 2 is 0.817 bits per heavy atom. The van der Waals surface area contributed by atoms with Crippen molar-refractivity contribution in [2.24, 2.45) is 0 Å². The lowest BCUT2D eigenvalue weighted by atomic mass is 9.72. The molecule has 0 N–H and O–H groups in total. The number of halogens is 18. The maximum Gasteiger partial charge on any atom is 0.411 e. The van der Waals surface area contributed by atoms with Gasteiger partial charge < -0.3 is 28.0 Å². The molecule has 0 spiro atoms. The maximum atomic E-state index is 16.6. The Hall–Kier alpha value is -4.64. The molecule has 0 amide bonds. The molecule has 0 aliphatic heterocycles. The van der Waals surface area contributed by atoms with Gasteiger partial charge in [-0.2, -0.15) is 79.0 Å². The van der Waals surface area contributed by atoms with Crippen LogP contribution in [-0.2, 0) is 28.3 Å². The van der Waals surface area contributed by atoms with E-state index in [1.165, 1.54) is 31.8 Å². The summed E-state index contributed by atoms with van der Waals surface area (Å²) in [5, 5.41) is -0.613. The fourth-order valence-corrected chi connectivity index (χ4v) is 11.3. The van der Waals surface area contributed by atoms with Crippen LogP contribution in [0.1, 0.15) is 30.5 Å². The molecule has 71 heavy (non-hydrogen) atoms. The van der Waals surface area contributed by atoms with Crippen LogP contribution in [0.15, 0.2) is 84.9 Å². The van der Waals surface area contributed by atoms with Crippen molar-refractivity contribution in [3.8, 4) is 28.4 Å². The van der Waals surface area contributed by atoms with E-state index in [9.17, 15) is 57.4 Å². The van der Waals surface area contributed by atoms with Gasteiger partial charge in [0.1, 0.15) is 17.2 Å². The summed E-state index contributed by atoms with van der Waals surface area (Å²) in [4.78, 5) is 0. The molecule has 2 fully saturated rings. The fourth-order valence-electron chi connectivity index (χ4n) is 8.10. The first-order valence-corrected chi connectivity index (χ1v) is 24.3.